The van der Waals surface area contributed by atoms with E-state index in [1.54, 1.807) is 0 Å². The van der Waals surface area contributed by atoms with Crippen molar-refractivity contribution >= 4 is 22.8 Å². The number of aromatic nitrogens is 2. The van der Waals surface area contributed by atoms with E-state index in [-0.39, 0.29) is 6.04 Å². The summed E-state index contributed by atoms with van der Waals surface area (Å²) in [6, 6.07) is 8.60. The Hall–Kier alpha value is -1.00. The standard InChI is InChI=1S/C15H21N3S/c1-2-18-14-6-4-3-5-13(14)17-15(18)9-12(16)11-7-8-19-10-11/h3-6,11-12H,2,7-10,16H2,1H3. The highest BCUT2D eigenvalue weighted by atomic mass is 32.2. The van der Waals surface area contributed by atoms with E-state index in [1.807, 2.05) is 17.8 Å². The summed E-state index contributed by atoms with van der Waals surface area (Å²) in [6.45, 7) is 3.14. The molecule has 0 aliphatic carbocycles. The Kier molecular flexibility index (Phi) is 3.80. The molecule has 2 aromatic rings. The normalized spacial score (nSPS) is 21.1. The Bertz CT molecular complexity index is 558. The number of rotatable bonds is 4. The van der Waals surface area contributed by atoms with E-state index in [1.165, 1.54) is 23.4 Å². The van der Waals surface area contributed by atoms with Crippen LogP contribution in [-0.4, -0.2) is 27.1 Å². The molecule has 0 saturated carbocycles. The second-order valence-corrected chi connectivity index (χ2v) is 6.40. The van der Waals surface area contributed by atoms with Gasteiger partial charge in [-0.1, -0.05) is 12.1 Å². The molecular formula is C15H21N3S. The molecule has 3 rings (SSSR count). The molecule has 102 valence electrons. The molecule has 2 atom stereocenters. The summed E-state index contributed by atoms with van der Waals surface area (Å²) in [5.41, 5.74) is 8.71. The molecule has 1 aliphatic heterocycles. The van der Waals surface area contributed by atoms with Crippen LogP contribution >= 0.6 is 11.8 Å². The highest BCUT2D eigenvalue weighted by Gasteiger charge is 2.24. The van der Waals surface area contributed by atoms with Crippen LogP contribution in [0.4, 0.5) is 0 Å². The highest BCUT2D eigenvalue weighted by Crippen LogP contribution is 2.27. The molecule has 4 heteroatoms. The second kappa shape index (κ2) is 5.55. The van der Waals surface area contributed by atoms with E-state index in [2.05, 4.69) is 29.7 Å². The average molecular weight is 275 g/mol. The first-order valence-electron chi connectivity index (χ1n) is 7.07. The number of aryl methyl sites for hydroxylation is 1. The number of nitrogens with two attached hydrogens (primary N) is 1. The Morgan fingerprint density at radius 2 is 2.32 bits per heavy atom. The minimum atomic E-state index is 0.247. The lowest BCUT2D eigenvalue weighted by Gasteiger charge is -2.18. The van der Waals surface area contributed by atoms with Crippen molar-refractivity contribution in [2.45, 2.75) is 32.4 Å². The van der Waals surface area contributed by atoms with Gasteiger partial charge in [-0.3, -0.25) is 0 Å². The Balaban J connectivity index is 1.87. The fourth-order valence-corrected chi connectivity index (χ4v) is 4.25. The minimum absolute atomic E-state index is 0.247. The van der Waals surface area contributed by atoms with E-state index in [0.717, 1.165) is 24.3 Å². The van der Waals surface area contributed by atoms with Crippen LogP contribution in [0.3, 0.4) is 0 Å². The Morgan fingerprint density at radius 1 is 1.47 bits per heavy atom. The third-order valence-corrected chi connectivity index (χ3v) is 5.23. The maximum Gasteiger partial charge on any atom is 0.111 e. The van der Waals surface area contributed by atoms with Crippen LogP contribution in [0.15, 0.2) is 24.3 Å². The molecule has 1 aromatic carbocycles. The van der Waals surface area contributed by atoms with Crippen molar-refractivity contribution in [1.29, 1.82) is 0 Å². The zero-order valence-electron chi connectivity index (χ0n) is 11.4. The van der Waals surface area contributed by atoms with Crippen molar-refractivity contribution in [3.05, 3.63) is 30.1 Å². The maximum atomic E-state index is 6.39. The van der Waals surface area contributed by atoms with Crippen LogP contribution in [0.25, 0.3) is 11.0 Å². The van der Waals surface area contributed by atoms with Crippen molar-refractivity contribution in [1.82, 2.24) is 9.55 Å². The van der Waals surface area contributed by atoms with Crippen molar-refractivity contribution in [2.24, 2.45) is 11.7 Å². The van der Waals surface area contributed by atoms with E-state index in [4.69, 9.17) is 10.7 Å². The lowest BCUT2D eigenvalue weighted by molar-refractivity contribution is 0.449. The maximum absolute atomic E-state index is 6.39. The number of hydrogen-bond donors (Lipinski definition) is 1. The molecule has 0 spiro atoms. The number of hydrogen-bond acceptors (Lipinski definition) is 3. The van der Waals surface area contributed by atoms with Crippen molar-refractivity contribution in [3.63, 3.8) is 0 Å². The van der Waals surface area contributed by atoms with Gasteiger partial charge in [0.05, 0.1) is 11.0 Å². The zero-order valence-corrected chi connectivity index (χ0v) is 12.2. The first-order valence-corrected chi connectivity index (χ1v) is 8.22. The molecule has 3 nitrogen and oxygen atoms in total. The quantitative estimate of drug-likeness (QED) is 0.933. The smallest absolute Gasteiger partial charge is 0.111 e. The third-order valence-electron chi connectivity index (χ3n) is 4.04. The number of fused-ring (bicyclic) bond motifs is 1. The lowest BCUT2D eigenvalue weighted by Crippen LogP contribution is -2.33. The summed E-state index contributed by atoms with van der Waals surface area (Å²) < 4.78 is 2.30. The van der Waals surface area contributed by atoms with Gasteiger partial charge in [0.2, 0.25) is 0 Å². The predicted molar refractivity (Wildman–Crippen MR) is 82.5 cm³/mol. The third kappa shape index (κ3) is 2.51. The number of para-hydroxylation sites is 2. The monoisotopic (exact) mass is 275 g/mol. The van der Waals surface area contributed by atoms with Crippen LogP contribution in [0.2, 0.25) is 0 Å². The number of benzene rings is 1. The van der Waals surface area contributed by atoms with Gasteiger partial charge >= 0.3 is 0 Å². The van der Waals surface area contributed by atoms with Gasteiger partial charge in [-0.15, -0.1) is 0 Å². The van der Waals surface area contributed by atoms with Gasteiger partial charge in [0, 0.05) is 19.0 Å². The van der Waals surface area contributed by atoms with Gasteiger partial charge in [0.15, 0.2) is 0 Å². The van der Waals surface area contributed by atoms with Crippen molar-refractivity contribution in [3.8, 4) is 0 Å². The SMILES string of the molecule is CCn1c(CC(N)C2CCSC2)nc2ccccc21. The molecule has 0 amide bonds. The summed E-state index contributed by atoms with van der Waals surface area (Å²) in [7, 11) is 0. The Morgan fingerprint density at radius 3 is 3.05 bits per heavy atom. The highest BCUT2D eigenvalue weighted by molar-refractivity contribution is 7.99. The fraction of sp³-hybridized carbons (Fsp3) is 0.533. The van der Waals surface area contributed by atoms with Gasteiger partial charge in [-0.05, 0) is 42.9 Å². The van der Waals surface area contributed by atoms with Gasteiger partial charge in [0.1, 0.15) is 5.82 Å². The zero-order chi connectivity index (χ0) is 13.2. The molecule has 1 saturated heterocycles. The van der Waals surface area contributed by atoms with Gasteiger partial charge in [0.25, 0.3) is 0 Å². The number of thioether (sulfide) groups is 1. The fourth-order valence-electron chi connectivity index (χ4n) is 2.90. The molecule has 0 radical (unpaired) electrons. The molecule has 19 heavy (non-hydrogen) atoms. The van der Waals surface area contributed by atoms with Gasteiger partial charge in [-0.2, -0.15) is 11.8 Å². The summed E-state index contributed by atoms with van der Waals surface area (Å²) in [6.07, 6.45) is 2.16. The lowest BCUT2D eigenvalue weighted by atomic mass is 9.97. The summed E-state index contributed by atoms with van der Waals surface area (Å²) in [5.74, 6) is 4.29. The van der Waals surface area contributed by atoms with E-state index >= 15 is 0 Å². The molecular weight excluding hydrogens is 254 g/mol. The van der Waals surface area contributed by atoms with Gasteiger partial charge < -0.3 is 10.3 Å². The molecule has 2 unspecified atom stereocenters. The number of nitrogens with zero attached hydrogens (tertiary/aromatic N) is 2. The second-order valence-electron chi connectivity index (χ2n) is 5.25. The van der Waals surface area contributed by atoms with Crippen LogP contribution in [0, 0.1) is 5.92 Å². The molecule has 1 aliphatic rings. The van der Waals surface area contributed by atoms with E-state index < -0.39 is 0 Å². The van der Waals surface area contributed by atoms with Crippen LogP contribution < -0.4 is 5.73 Å². The van der Waals surface area contributed by atoms with Crippen molar-refractivity contribution < 1.29 is 0 Å². The van der Waals surface area contributed by atoms with E-state index in [9.17, 15) is 0 Å². The molecule has 1 aromatic heterocycles. The summed E-state index contributed by atoms with van der Waals surface area (Å²) >= 11 is 2.03. The van der Waals surface area contributed by atoms with Crippen LogP contribution in [-0.2, 0) is 13.0 Å². The van der Waals surface area contributed by atoms with Crippen LogP contribution in [0.5, 0.6) is 0 Å². The molecule has 1 fully saturated rings. The average Bonchev–Trinajstić information content (AvgIpc) is 3.05. The molecule has 2 heterocycles. The molecule has 2 N–H and O–H groups in total. The largest absolute Gasteiger partial charge is 0.328 e. The molecule has 0 bridgehead atoms. The summed E-state index contributed by atoms with van der Waals surface area (Å²) in [4.78, 5) is 4.77. The van der Waals surface area contributed by atoms with Crippen LogP contribution in [0.1, 0.15) is 19.2 Å². The van der Waals surface area contributed by atoms with Crippen molar-refractivity contribution in [2.75, 3.05) is 11.5 Å². The Labute approximate surface area is 118 Å². The topological polar surface area (TPSA) is 43.8 Å². The first-order chi connectivity index (χ1) is 9.29. The van der Waals surface area contributed by atoms with E-state index in [0.29, 0.717) is 5.92 Å². The van der Waals surface area contributed by atoms with Gasteiger partial charge in [-0.25, -0.2) is 4.98 Å². The minimum Gasteiger partial charge on any atom is -0.328 e. The predicted octanol–water partition coefficient (Wildman–Crippen LogP) is 2.68. The first kappa shape index (κ1) is 13.0. The number of imidazole rings is 1. The summed E-state index contributed by atoms with van der Waals surface area (Å²) in [5, 5.41) is 0.